The van der Waals surface area contributed by atoms with E-state index in [4.69, 9.17) is 28.3 Å². The minimum absolute atomic E-state index is 0.0167. The molecular formula is C16H19Cl2NO3. The van der Waals surface area contributed by atoms with Crippen molar-refractivity contribution in [2.75, 3.05) is 13.1 Å². The molecule has 6 heteroatoms. The molecule has 0 spiro atoms. The van der Waals surface area contributed by atoms with Gasteiger partial charge in [0.2, 0.25) is 5.91 Å². The van der Waals surface area contributed by atoms with Gasteiger partial charge in [0.25, 0.3) is 0 Å². The fourth-order valence-electron chi connectivity index (χ4n) is 2.79. The van der Waals surface area contributed by atoms with Crippen molar-refractivity contribution in [2.45, 2.75) is 26.2 Å². The lowest BCUT2D eigenvalue weighted by Crippen LogP contribution is -2.44. The van der Waals surface area contributed by atoms with Gasteiger partial charge in [-0.1, -0.05) is 36.2 Å². The fraction of sp³-hybridized carbons (Fsp3) is 0.500. The molecule has 0 bridgehead atoms. The van der Waals surface area contributed by atoms with Crippen molar-refractivity contribution in [2.24, 2.45) is 11.8 Å². The normalized spacial score (nSPS) is 19.8. The summed E-state index contributed by atoms with van der Waals surface area (Å²) < 4.78 is 0. The van der Waals surface area contributed by atoms with E-state index in [1.807, 2.05) is 13.0 Å². The first kappa shape index (κ1) is 17.1. The summed E-state index contributed by atoms with van der Waals surface area (Å²) >= 11 is 12.0. The fourth-order valence-corrected chi connectivity index (χ4v) is 3.28. The Hall–Kier alpha value is -1.26. The second-order valence-electron chi connectivity index (χ2n) is 5.80. The van der Waals surface area contributed by atoms with Crippen molar-refractivity contribution in [3.63, 3.8) is 0 Å². The molecule has 1 aliphatic heterocycles. The molecule has 1 aromatic rings. The number of hydrogen-bond donors (Lipinski definition) is 1. The Morgan fingerprint density at radius 2 is 2.14 bits per heavy atom. The van der Waals surface area contributed by atoms with Gasteiger partial charge in [-0.25, -0.2) is 0 Å². The topological polar surface area (TPSA) is 57.6 Å². The van der Waals surface area contributed by atoms with Crippen LogP contribution in [-0.2, 0) is 16.0 Å². The van der Waals surface area contributed by atoms with Gasteiger partial charge < -0.3 is 10.0 Å². The van der Waals surface area contributed by atoms with Crippen LogP contribution < -0.4 is 0 Å². The Bertz CT molecular complexity index is 577. The molecule has 1 N–H and O–H groups in total. The van der Waals surface area contributed by atoms with Gasteiger partial charge in [0.1, 0.15) is 0 Å². The lowest BCUT2D eigenvalue weighted by molar-refractivity contribution is -0.146. The lowest BCUT2D eigenvalue weighted by Gasteiger charge is -2.32. The van der Waals surface area contributed by atoms with Crippen LogP contribution in [0.4, 0.5) is 0 Å². The van der Waals surface area contributed by atoms with Crippen molar-refractivity contribution in [3.8, 4) is 0 Å². The number of nitrogens with zero attached hydrogens (tertiary/aromatic N) is 1. The van der Waals surface area contributed by atoms with Crippen molar-refractivity contribution in [1.29, 1.82) is 0 Å². The van der Waals surface area contributed by atoms with Crippen LogP contribution in [0.25, 0.3) is 0 Å². The van der Waals surface area contributed by atoms with Gasteiger partial charge in [-0.05, 0) is 37.0 Å². The molecule has 0 saturated carbocycles. The van der Waals surface area contributed by atoms with Crippen LogP contribution in [0.3, 0.4) is 0 Å². The summed E-state index contributed by atoms with van der Waals surface area (Å²) in [4.78, 5) is 25.3. The first-order chi connectivity index (χ1) is 10.4. The van der Waals surface area contributed by atoms with Crippen molar-refractivity contribution in [1.82, 2.24) is 4.90 Å². The predicted molar refractivity (Wildman–Crippen MR) is 86.3 cm³/mol. The van der Waals surface area contributed by atoms with Gasteiger partial charge in [-0.15, -0.1) is 0 Å². The smallest absolute Gasteiger partial charge is 0.308 e. The number of carboxylic acid groups (broad SMARTS) is 1. The summed E-state index contributed by atoms with van der Waals surface area (Å²) in [6.07, 6.45) is 1.89. The first-order valence-corrected chi connectivity index (χ1v) is 8.09. The second kappa shape index (κ2) is 7.34. The van der Waals surface area contributed by atoms with Gasteiger partial charge in [-0.2, -0.15) is 0 Å². The maximum atomic E-state index is 12.5. The Morgan fingerprint density at radius 1 is 1.41 bits per heavy atom. The zero-order chi connectivity index (χ0) is 16.3. The van der Waals surface area contributed by atoms with E-state index < -0.39 is 11.9 Å². The van der Waals surface area contributed by atoms with Gasteiger partial charge in [0, 0.05) is 29.1 Å². The van der Waals surface area contributed by atoms with E-state index in [1.165, 1.54) is 0 Å². The minimum atomic E-state index is -0.828. The maximum Gasteiger partial charge on any atom is 0.308 e. The maximum absolute atomic E-state index is 12.5. The van der Waals surface area contributed by atoms with E-state index in [9.17, 15) is 9.59 Å². The highest BCUT2D eigenvalue weighted by molar-refractivity contribution is 6.35. The van der Waals surface area contributed by atoms with Crippen LogP contribution in [0.5, 0.6) is 0 Å². The summed E-state index contributed by atoms with van der Waals surface area (Å²) in [6, 6.07) is 5.24. The number of carbonyl (C=O) groups is 2. The van der Waals surface area contributed by atoms with Crippen molar-refractivity contribution < 1.29 is 14.7 Å². The summed E-state index contributed by atoms with van der Waals surface area (Å²) in [5.41, 5.74) is 0.874. The summed E-state index contributed by atoms with van der Waals surface area (Å²) in [7, 11) is 0. The predicted octanol–water partition coefficient (Wildman–Crippen LogP) is 3.50. The second-order valence-corrected chi connectivity index (χ2v) is 6.65. The van der Waals surface area contributed by atoms with Crippen LogP contribution in [0.1, 0.15) is 25.3 Å². The van der Waals surface area contributed by atoms with Crippen LogP contribution >= 0.6 is 23.2 Å². The third kappa shape index (κ3) is 4.14. The number of carboxylic acids is 1. The van der Waals surface area contributed by atoms with E-state index in [-0.39, 0.29) is 11.8 Å². The molecule has 0 radical (unpaired) electrons. The summed E-state index contributed by atoms with van der Waals surface area (Å²) in [5, 5.41) is 10.2. The van der Waals surface area contributed by atoms with Gasteiger partial charge in [-0.3, -0.25) is 9.59 Å². The Kier molecular flexibility index (Phi) is 5.70. The highest BCUT2D eigenvalue weighted by Crippen LogP contribution is 2.25. The minimum Gasteiger partial charge on any atom is -0.481 e. The third-order valence-electron chi connectivity index (χ3n) is 4.05. The zero-order valence-corrected chi connectivity index (χ0v) is 13.9. The van der Waals surface area contributed by atoms with E-state index in [0.717, 1.165) is 12.0 Å². The number of likely N-dealkylation sites (tertiary alicyclic amines) is 1. The van der Waals surface area contributed by atoms with Crippen LogP contribution in [0, 0.1) is 11.8 Å². The Labute approximate surface area is 140 Å². The number of carbonyl (C=O) groups excluding carboxylic acids is 1. The SMILES string of the molecule is CC(Cc1ccc(Cl)cc1Cl)C(=O)N1CCC[C@H](C(=O)O)C1. The Balaban J connectivity index is 2.01. The van der Waals surface area contributed by atoms with Crippen LogP contribution in [-0.4, -0.2) is 35.0 Å². The molecule has 120 valence electrons. The zero-order valence-electron chi connectivity index (χ0n) is 12.4. The highest BCUT2D eigenvalue weighted by Gasteiger charge is 2.30. The van der Waals surface area contributed by atoms with Gasteiger partial charge in [0.05, 0.1) is 5.92 Å². The van der Waals surface area contributed by atoms with Crippen molar-refractivity contribution >= 4 is 35.1 Å². The number of halogens is 2. The van der Waals surface area contributed by atoms with E-state index in [2.05, 4.69) is 0 Å². The molecule has 1 aromatic carbocycles. The van der Waals surface area contributed by atoms with Gasteiger partial charge >= 0.3 is 5.97 Å². The van der Waals surface area contributed by atoms with Crippen LogP contribution in [0.2, 0.25) is 10.0 Å². The monoisotopic (exact) mass is 343 g/mol. The molecule has 0 aromatic heterocycles. The van der Waals surface area contributed by atoms with E-state index in [0.29, 0.717) is 36.0 Å². The number of rotatable bonds is 4. The molecule has 2 rings (SSSR count). The molecule has 1 unspecified atom stereocenters. The molecule has 22 heavy (non-hydrogen) atoms. The molecular weight excluding hydrogens is 325 g/mol. The molecule has 1 heterocycles. The average Bonchev–Trinajstić information content (AvgIpc) is 2.49. The van der Waals surface area contributed by atoms with Gasteiger partial charge in [0.15, 0.2) is 0 Å². The standard InChI is InChI=1S/C16H19Cl2NO3/c1-10(7-11-4-5-13(17)8-14(11)18)15(20)19-6-2-3-12(9-19)16(21)22/h4-5,8,10,12H,2-3,6-7,9H2,1H3,(H,21,22)/t10?,12-/m0/s1. The third-order valence-corrected chi connectivity index (χ3v) is 4.63. The van der Waals surface area contributed by atoms with Crippen molar-refractivity contribution in [3.05, 3.63) is 33.8 Å². The molecule has 4 nitrogen and oxygen atoms in total. The molecule has 2 atom stereocenters. The first-order valence-electron chi connectivity index (χ1n) is 7.34. The average molecular weight is 344 g/mol. The highest BCUT2D eigenvalue weighted by atomic mass is 35.5. The number of amides is 1. The number of aliphatic carboxylic acids is 1. The molecule has 1 fully saturated rings. The molecule has 0 aliphatic carbocycles. The summed E-state index contributed by atoms with van der Waals surface area (Å²) in [6.45, 7) is 2.77. The van der Waals surface area contributed by atoms with Crippen LogP contribution in [0.15, 0.2) is 18.2 Å². The molecule has 1 saturated heterocycles. The molecule has 1 amide bonds. The Morgan fingerprint density at radius 3 is 2.77 bits per heavy atom. The quantitative estimate of drug-likeness (QED) is 0.910. The van der Waals surface area contributed by atoms with E-state index >= 15 is 0 Å². The number of hydrogen-bond acceptors (Lipinski definition) is 2. The number of piperidine rings is 1. The lowest BCUT2D eigenvalue weighted by atomic mass is 9.95. The largest absolute Gasteiger partial charge is 0.481 e. The van der Waals surface area contributed by atoms with E-state index in [1.54, 1.807) is 17.0 Å². The molecule has 1 aliphatic rings. The number of benzene rings is 1. The summed E-state index contributed by atoms with van der Waals surface area (Å²) in [5.74, 6) is -1.54.